The molecular weight excluding hydrogens is 192 g/mol. The smallest absolute Gasteiger partial charge is 0.147 e. The zero-order valence-corrected chi connectivity index (χ0v) is 9.69. The molecule has 1 rings (SSSR count). The maximum absolute atomic E-state index is 8.81. The Balaban J connectivity index is 2.23. The van der Waals surface area contributed by atoms with E-state index in [2.05, 4.69) is 15.4 Å². The van der Waals surface area contributed by atoms with Crippen molar-refractivity contribution in [2.24, 2.45) is 0 Å². The van der Waals surface area contributed by atoms with Crippen molar-refractivity contribution in [1.29, 1.82) is 0 Å². The van der Waals surface area contributed by atoms with E-state index in [9.17, 15) is 0 Å². The van der Waals surface area contributed by atoms with Gasteiger partial charge in [0, 0.05) is 12.6 Å². The fourth-order valence-electron chi connectivity index (χ4n) is 1.41. The molecule has 1 aromatic heterocycles. The van der Waals surface area contributed by atoms with Crippen LogP contribution >= 0.6 is 0 Å². The molecule has 15 heavy (non-hydrogen) atoms. The standard InChI is InChI=1S/C10H20N4O/c1-8(7-15)11-5-4-6-14-10(3)12-9(2)13-14/h8,11,15H,4-7H2,1-3H3. The summed E-state index contributed by atoms with van der Waals surface area (Å²) in [5.41, 5.74) is 0. The Morgan fingerprint density at radius 2 is 2.20 bits per heavy atom. The van der Waals surface area contributed by atoms with Crippen LogP contribution in [0.1, 0.15) is 25.0 Å². The SMILES string of the molecule is Cc1nc(C)n(CCCNC(C)CO)n1. The number of aromatic nitrogens is 3. The third-order valence-electron chi connectivity index (χ3n) is 2.28. The molecule has 1 heterocycles. The van der Waals surface area contributed by atoms with Crippen molar-refractivity contribution in [2.75, 3.05) is 13.2 Å². The van der Waals surface area contributed by atoms with Gasteiger partial charge in [0.25, 0.3) is 0 Å². The minimum absolute atomic E-state index is 0.170. The number of rotatable bonds is 6. The van der Waals surface area contributed by atoms with E-state index in [-0.39, 0.29) is 12.6 Å². The van der Waals surface area contributed by atoms with E-state index < -0.39 is 0 Å². The Kier molecular flexibility index (Phi) is 4.71. The van der Waals surface area contributed by atoms with Crippen molar-refractivity contribution in [3.8, 4) is 0 Å². The molecule has 1 unspecified atom stereocenters. The number of hydrogen-bond acceptors (Lipinski definition) is 4. The first kappa shape index (κ1) is 12.1. The zero-order valence-electron chi connectivity index (χ0n) is 9.69. The van der Waals surface area contributed by atoms with Crippen LogP contribution in [0, 0.1) is 13.8 Å². The second-order valence-corrected chi connectivity index (χ2v) is 3.82. The molecule has 2 N–H and O–H groups in total. The molecule has 0 aliphatic heterocycles. The first-order valence-electron chi connectivity index (χ1n) is 5.35. The molecule has 5 nitrogen and oxygen atoms in total. The van der Waals surface area contributed by atoms with Gasteiger partial charge in [-0.25, -0.2) is 4.98 Å². The average Bonchev–Trinajstić information content (AvgIpc) is 2.52. The Bertz CT molecular complexity index is 298. The minimum Gasteiger partial charge on any atom is -0.395 e. The third-order valence-corrected chi connectivity index (χ3v) is 2.28. The largest absolute Gasteiger partial charge is 0.395 e. The predicted octanol–water partition coefficient (Wildman–Crippen LogP) is 0.255. The van der Waals surface area contributed by atoms with Gasteiger partial charge in [-0.05, 0) is 33.7 Å². The molecule has 0 saturated heterocycles. The van der Waals surface area contributed by atoms with E-state index in [0.29, 0.717) is 0 Å². The lowest BCUT2D eigenvalue weighted by molar-refractivity contribution is 0.251. The average molecular weight is 212 g/mol. The molecule has 0 radical (unpaired) electrons. The summed E-state index contributed by atoms with van der Waals surface area (Å²) in [6.07, 6.45) is 0.994. The summed E-state index contributed by atoms with van der Waals surface area (Å²) in [5, 5.41) is 16.3. The normalized spacial score (nSPS) is 13.1. The Labute approximate surface area is 90.5 Å². The second-order valence-electron chi connectivity index (χ2n) is 3.82. The van der Waals surface area contributed by atoms with Crippen molar-refractivity contribution >= 4 is 0 Å². The van der Waals surface area contributed by atoms with E-state index >= 15 is 0 Å². The van der Waals surface area contributed by atoms with Gasteiger partial charge in [0.05, 0.1) is 6.61 Å². The highest BCUT2D eigenvalue weighted by Gasteiger charge is 2.02. The molecule has 0 aliphatic carbocycles. The Morgan fingerprint density at radius 3 is 2.73 bits per heavy atom. The lowest BCUT2D eigenvalue weighted by Crippen LogP contribution is -2.30. The van der Waals surface area contributed by atoms with Crippen LogP contribution in [0.4, 0.5) is 0 Å². The molecule has 0 aliphatic rings. The number of nitrogens with zero attached hydrogens (tertiary/aromatic N) is 3. The van der Waals surface area contributed by atoms with Gasteiger partial charge < -0.3 is 10.4 Å². The fraction of sp³-hybridized carbons (Fsp3) is 0.800. The Hall–Kier alpha value is -0.940. The monoisotopic (exact) mass is 212 g/mol. The van der Waals surface area contributed by atoms with Gasteiger partial charge in [-0.3, -0.25) is 4.68 Å². The topological polar surface area (TPSA) is 63.0 Å². The van der Waals surface area contributed by atoms with E-state index in [0.717, 1.165) is 31.2 Å². The number of aliphatic hydroxyl groups is 1. The summed E-state index contributed by atoms with van der Waals surface area (Å²) in [4.78, 5) is 4.23. The van der Waals surface area contributed by atoms with Crippen LogP contribution in [0.3, 0.4) is 0 Å². The predicted molar refractivity (Wildman–Crippen MR) is 58.7 cm³/mol. The minimum atomic E-state index is 0.170. The highest BCUT2D eigenvalue weighted by atomic mass is 16.3. The van der Waals surface area contributed by atoms with Crippen LogP contribution in [0.25, 0.3) is 0 Å². The molecule has 1 atom stereocenters. The lowest BCUT2D eigenvalue weighted by atomic mass is 10.3. The van der Waals surface area contributed by atoms with Gasteiger partial charge in [-0.15, -0.1) is 0 Å². The summed E-state index contributed by atoms with van der Waals surface area (Å²) >= 11 is 0. The molecule has 0 bridgehead atoms. The maximum Gasteiger partial charge on any atom is 0.147 e. The summed E-state index contributed by atoms with van der Waals surface area (Å²) < 4.78 is 1.92. The molecule has 86 valence electrons. The molecule has 5 heteroatoms. The second kappa shape index (κ2) is 5.82. The molecule has 0 fully saturated rings. The van der Waals surface area contributed by atoms with Crippen LogP contribution in [-0.4, -0.2) is 39.1 Å². The first-order valence-corrected chi connectivity index (χ1v) is 5.35. The van der Waals surface area contributed by atoms with Crippen molar-refractivity contribution in [3.63, 3.8) is 0 Å². The summed E-state index contributed by atoms with van der Waals surface area (Å²) in [7, 11) is 0. The highest BCUT2D eigenvalue weighted by Crippen LogP contribution is 1.97. The molecule has 0 aromatic carbocycles. The summed E-state index contributed by atoms with van der Waals surface area (Å²) in [6, 6.07) is 0.170. The van der Waals surface area contributed by atoms with E-state index in [1.807, 2.05) is 25.5 Å². The van der Waals surface area contributed by atoms with Gasteiger partial charge in [0.2, 0.25) is 0 Å². The van der Waals surface area contributed by atoms with Crippen LogP contribution in [0.5, 0.6) is 0 Å². The van der Waals surface area contributed by atoms with Gasteiger partial charge in [0.15, 0.2) is 0 Å². The number of hydrogen-bond donors (Lipinski definition) is 2. The van der Waals surface area contributed by atoms with Crippen LogP contribution in [-0.2, 0) is 6.54 Å². The summed E-state index contributed by atoms with van der Waals surface area (Å²) in [5.74, 6) is 1.78. The van der Waals surface area contributed by atoms with Crippen LogP contribution in [0.15, 0.2) is 0 Å². The first-order chi connectivity index (χ1) is 7.13. The number of nitrogens with one attached hydrogen (secondary N) is 1. The molecule has 0 spiro atoms. The van der Waals surface area contributed by atoms with Gasteiger partial charge >= 0.3 is 0 Å². The molecule has 1 aromatic rings. The van der Waals surface area contributed by atoms with E-state index in [1.165, 1.54) is 0 Å². The van der Waals surface area contributed by atoms with Gasteiger partial charge in [-0.1, -0.05) is 0 Å². The van der Waals surface area contributed by atoms with Gasteiger partial charge in [0.1, 0.15) is 11.6 Å². The van der Waals surface area contributed by atoms with Gasteiger partial charge in [-0.2, -0.15) is 5.10 Å². The number of aliphatic hydroxyl groups excluding tert-OH is 1. The quantitative estimate of drug-likeness (QED) is 0.664. The maximum atomic E-state index is 8.81. The zero-order chi connectivity index (χ0) is 11.3. The fourth-order valence-corrected chi connectivity index (χ4v) is 1.41. The molecular formula is C10H20N4O. The molecule has 0 amide bonds. The molecule has 0 saturated carbocycles. The van der Waals surface area contributed by atoms with Crippen molar-refractivity contribution in [1.82, 2.24) is 20.1 Å². The van der Waals surface area contributed by atoms with Crippen LogP contribution in [0.2, 0.25) is 0 Å². The lowest BCUT2D eigenvalue weighted by Gasteiger charge is -2.10. The summed E-state index contributed by atoms with van der Waals surface area (Å²) in [6.45, 7) is 7.77. The van der Waals surface area contributed by atoms with Crippen molar-refractivity contribution in [3.05, 3.63) is 11.6 Å². The van der Waals surface area contributed by atoms with E-state index in [4.69, 9.17) is 5.11 Å². The number of aryl methyl sites for hydroxylation is 3. The van der Waals surface area contributed by atoms with Crippen LogP contribution < -0.4 is 5.32 Å². The van der Waals surface area contributed by atoms with E-state index in [1.54, 1.807) is 0 Å². The highest BCUT2D eigenvalue weighted by molar-refractivity contribution is 4.87. The Morgan fingerprint density at radius 1 is 1.47 bits per heavy atom. The van der Waals surface area contributed by atoms with Crippen molar-refractivity contribution < 1.29 is 5.11 Å². The third kappa shape index (κ3) is 3.97. The van der Waals surface area contributed by atoms with Crippen molar-refractivity contribution in [2.45, 2.75) is 39.8 Å².